The molecular weight excluding hydrogens is 327 g/mol. The number of para-hydroxylation sites is 1. The van der Waals surface area contributed by atoms with Crippen LogP contribution in [-0.4, -0.2) is 42.6 Å². The van der Waals surface area contributed by atoms with Gasteiger partial charge < -0.3 is 15.4 Å². The minimum Gasteiger partial charge on any atom is -0.482 e. The first kappa shape index (κ1) is 17.6. The Labute approximate surface area is 135 Å². The summed E-state index contributed by atoms with van der Waals surface area (Å²) in [4.78, 5) is 24.2. The quantitative estimate of drug-likeness (QED) is 0.885. The fourth-order valence-corrected chi connectivity index (χ4v) is 2.54. The first-order valence-corrected chi connectivity index (χ1v) is 6.99. The van der Waals surface area contributed by atoms with Crippen LogP contribution in [0.4, 0.5) is 13.2 Å². The summed E-state index contributed by atoms with van der Waals surface area (Å²) in [6, 6.07) is 8.04. The lowest BCUT2D eigenvalue weighted by molar-refractivity contribution is -0.182. The highest BCUT2D eigenvalue weighted by Crippen LogP contribution is 2.37. The number of halogens is 3. The minimum atomic E-state index is -4.62. The molecule has 2 amide bonds. The summed E-state index contributed by atoms with van der Waals surface area (Å²) in [6.07, 6.45) is -4.62. The van der Waals surface area contributed by atoms with Crippen LogP contribution in [0.1, 0.15) is 5.56 Å². The van der Waals surface area contributed by atoms with Crippen LogP contribution in [0.3, 0.4) is 0 Å². The average Bonchev–Trinajstić information content (AvgIpc) is 2.98. The van der Waals surface area contributed by atoms with Gasteiger partial charge in [0.05, 0.1) is 17.4 Å². The second-order valence-corrected chi connectivity index (χ2v) is 5.35. The van der Waals surface area contributed by atoms with Gasteiger partial charge in [-0.2, -0.15) is 18.4 Å². The van der Waals surface area contributed by atoms with Crippen molar-refractivity contribution in [2.45, 2.75) is 6.18 Å². The molecule has 0 spiro atoms. The van der Waals surface area contributed by atoms with Crippen molar-refractivity contribution in [3.8, 4) is 11.8 Å². The number of rotatable bonds is 4. The molecule has 1 saturated heterocycles. The number of likely N-dealkylation sites (tertiary alicyclic amines) is 1. The van der Waals surface area contributed by atoms with E-state index in [2.05, 4.69) is 0 Å². The fourth-order valence-electron chi connectivity index (χ4n) is 2.54. The summed E-state index contributed by atoms with van der Waals surface area (Å²) in [6.45, 7) is -1.57. The topological polar surface area (TPSA) is 96.4 Å². The monoisotopic (exact) mass is 341 g/mol. The van der Waals surface area contributed by atoms with Crippen LogP contribution in [0.5, 0.6) is 5.75 Å². The van der Waals surface area contributed by atoms with Crippen LogP contribution in [0.15, 0.2) is 24.3 Å². The molecule has 2 N–H and O–H groups in total. The predicted octanol–water partition coefficient (Wildman–Crippen LogP) is 1.06. The van der Waals surface area contributed by atoms with Crippen molar-refractivity contribution in [1.82, 2.24) is 4.90 Å². The van der Waals surface area contributed by atoms with Crippen LogP contribution in [0, 0.1) is 23.2 Å². The molecule has 128 valence electrons. The number of amides is 2. The summed E-state index contributed by atoms with van der Waals surface area (Å²) in [5, 5.41) is 8.91. The Hall–Kier alpha value is -2.76. The van der Waals surface area contributed by atoms with E-state index in [0.717, 1.165) is 4.90 Å². The van der Waals surface area contributed by atoms with Gasteiger partial charge in [-0.25, -0.2) is 0 Å². The van der Waals surface area contributed by atoms with Gasteiger partial charge in [-0.15, -0.1) is 0 Å². The number of benzene rings is 1. The van der Waals surface area contributed by atoms with Gasteiger partial charge in [0.15, 0.2) is 6.61 Å². The third-order valence-corrected chi connectivity index (χ3v) is 3.82. The average molecular weight is 341 g/mol. The SMILES string of the molecule is N#Cc1ccccc1OCC(=O)N1C[C@@H](C(F)(F)F)[C@H](C(N)=O)C1. The smallest absolute Gasteiger partial charge is 0.394 e. The van der Waals surface area contributed by atoms with E-state index in [-0.39, 0.29) is 11.3 Å². The zero-order chi connectivity index (χ0) is 17.9. The zero-order valence-electron chi connectivity index (χ0n) is 12.4. The molecule has 2 atom stereocenters. The van der Waals surface area contributed by atoms with E-state index >= 15 is 0 Å². The maximum absolute atomic E-state index is 12.9. The first-order valence-electron chi connectivity index (χ1n) is 6.99. The first-order chi connectivity index (χ1) is 11.2. The molecule has 0 unspecified atom stereocenters. The molecule has 0 saturated carbocycles. The number of hydrogen-bond acceptors (Lipinski definition) is 4. The molecule has 6 nitrogen and oxygen atoms in total. The van der Waals surface area contributed by atoms with Gasteiger partial charge in [-0.05, 0) is 12.1 Å². The summed E-state index contributed by atoms with van der Waals surface area (Å²) in [5.41, 5.74) is 5.21. The number of hydrogen-bond donors (Lipinski definition) is 1. The van der Waals surface area contributed by atoms with E-state index in [9.17, 15) is 22.8 Å². The van der Waals surface area contributed by atoms with Crippen molar-refractivity contribution in [3.05, 3.63) is 29.8 Å². The molecule has 0 bridgehead atoms. The highest BCUT2D eigenvalue weighted by molar-refractivity contribution is 5.82. The molecule has 24 heavy (non-hydrogen) atoms. The second-order valence-electron chi connectivity index (χ2n) is 5.35. The molecule has 1 aromatic carbocycles. The van der Waals surface area contributed by atoms with E-state index in [1.165, 1.54) is 12.1 Å². The fraction of sp³-hybridized carbons (Fsp3) is 0.400. The third kappa shape index (κ3) is 3.76. The number of nitrogens with zero attached hydrogens (tertiary/aromatic N) is 2. The zero-order valence-corrected chi connectivity index (χ0v) is 12.4. The van der Waals surface area contributed by atoms with E-state index < -0.39 is 49.5 Å². The molecule has 1 aromatic rings. The number of nitriles is 1. The second kappa shape index (κ2) is 6.78. The van der Waals surface area contributed by atoms with Crippen molar-refractivity contribution < 1.29 is 27.5 Å². The van der Waals surface area contributed by atoms with E-state index in [4.69, 9.17) is 15.7 Å². The Bertz CT molecular complexity index is 685. The van der Waals surface area contributed by atoms with Gasteiger partial charge in [0, 0.05) is 13.1 Å². The van der Waals surface area contributed by atoms with Gasteiger partial charge in [-0.1, -0.05) is 12.1 Å². The predicted molar refractivity (Wildman–Crippen MR) is 75.5 cm³/mol. The van der Waals surface area contributed by atoms with Gasteiger partial charge in [0.2, 0.25) is 5.91 Å². The van der Waals surface area contributed by atoms with E-state index in [0.29, 0.717) is 0 Å². The number of carbonyl (C=O) groups excluding carboxylic acids is 2. The Morgan fingerprint density at radius 1 is 1.33 bits per heavy atom. The van der Waals surface area contributed by atoms with Crippen molar-refractivity contribution in [2.75, 3.05) is 19.7 Å². The summed E-state index contributed by atoms with van der Waals surface area (Å²) >= 11 is 0. The largest absolute Gasteiger partial charge is 0.482 e. The maximum Gasteiger partial charge on any atom is 0.394 e. The van der Waals surface area contributed by atoms with Crippen molar-refractivity contribution in [1.29, 1.82) is 5.26 Å². The van der Waals surface area contributed by atoms with Crippen molar-refractivity contribution in [3.63, 3.8) is 0 Å². The number of alkyl halides is 3. The lowest BCUT2D eigenvalue weighted by atomic mass is 9.95. The van der Waals surface area contributed by atoms with Gasteiger partial charge in [0.1, 0.15) is 11.8 Å². The lowest BCUT2D eigenvalue weighted by Crippen LogP contribution is -2.37. The number of carbonyl (C=O) groups is 2. The molecule has 9 heteroatoms. The maximum atomic E-state index is 12.9. The molecule has 0 radical (unpaired) electrons. The normalized spacial score (nSPS) is 20.5. The highest BCUT2D eigenvalue weighted by Gasteiger charge is 2.52. The van der Waals surface area contributed by atoms with Crippen molar-refractivity contribution >= 4 is 11.8 Å². The molecule has 1 heterocycles. The number of primary amides is 1. The molecular formula is C15H14F3N3O3. The standard InChI is InChI=1S/C15H14F3N3O3/c16-15(17,18)11-7-21(6-10(11)14(20)23)13(22)8-24-12-4-2-1-3-9(12)5-19/h1-4,10-11H,6-8H2,(H2,20,23)/t10-,11-/m1/s1. The van der Waals surface area contributed by atoms with Crippen LogP contribution >= 0.6 is 0 Å². The Balaban J connectivity index is 2.03. The van der Waals surface area contributed by atoms with E-state index in [1.807, 2.05) is 6.07 Å². The number of nitrogens with two attached hydrogens (primary N) is 1. The molecule has 0 aromatic heterocycles. The summed E-state index contributed by atoms with van der Waals surface area (Å²) in [5.74, 6) is -5.10. The minimum absolute atomic E-state index is 0.159. The lowest BCUT2D eigenvalue weighted by Gasteiger charge is -2.18. The molecule has 0 aliphatic carbocycles. The van der Waals surface area contributed by atoms with E-state index in [1.54, 1.807) is 12.1 Å². The Morgan fingerprint density at radius 3 is 2.54 bits per heavy atom. The van der Waals surface area contributed by atoms with Crippen LogP contribution in [-0.2, 0) is 9.59 Å². The Morgan fingerprint density at radius 2 is 2.00 bits per heavy atom. The molecule has 1 aliphatic rings. The Kier molecular flexibility index (Phi) is 4.97. The third-order valence-electron chi connectivity index (χ3n) is 3.82. The van der Waals surface area contributed by atoms with Crippen LogP contribution in [0.25, 0.3) is 0 Å². The van der Waals surface area contributed by atoms with Gasteiger partial charge >= 0.3 is 6.18 Å². The summed E-state index contributed by atoms with van der Waals surface area (Å²) < 4.78 is 44.0. The van der Waals surface area contributed by atoms with Crippen LogP contribution in [0.2, 0.25) is 0 Å². The molecule has 2 rings (SSSR count). The van der Waals surface area contributed by atoms with Crippen molar-refractivity contribution in [2.24, 2.45) is 17.6 Å². The van der Waals surface area contributed by atoms with Gasteiger partial charge in [0.25, 0.3) is 5.91 Å². The highest BCUT2D eigenvalue weighted by atomic mass is 19.4. The number of ether oxygens (including phenoxy) is 1. The molecule has 1 aliphatic heterocycles. The van der Waals surface area contributed by atoms with Crippen LogP contribution < -0.4 is 10.5 Å². The van der Waals surface area contributed by atoms with Gasteiger partial charge in [-0.3, -0.25) is 9.59 Å². The summed E-state index contributed by atoms with van der Waals surface area (Å²) in [7, 11) is 0. The molecule has 1 fully saturated rings.